The summed E-state index contributed by atoms with van der Waals surface area (Å²) in [5.74, 6) is -9.32. The zero-order chi connectivity index (χ0) is 44.2. The minimum absolute atomic E-state index is 0.0530. The Morgan fingerprint density at radius 3 is 2.07 bits per heavy atom. The fourth-order valence-electron chi connectivity index (χ4n) is 9.45. The first kappa shape index (κ1) is 44.1. The molecular formula is C41H47NO18. The number of aromatic nitrogens is 1. The summed E-state index contributed by atoms with van der Waals surface area (Å²) in [5.41, 5.74) is -13.0. The molecule has 3 N–H and O–H groups in total. The highest BCUT2D eigenvalue weighted by molar-refractivity contribution is 5.91. The molecule has 12 unspecified atom stereocenters. The van der Waals surface area contributed by atoms with Crippen molar-refractivity contribution in [1.29, 1.82) is 0 Å². The number of benzene rings is 1. The molecule has 1 spiro atoms. The van der Waals surface area contributed by atoms with E-state index >= 15 is 0 Å². The topological polar surface area (TPSA) is 267 Å². The Kier molecular flexibility index (Phi) is 11.6. The molecule has 2 aromatic rings. The lowest BCUT2D eigenvalue weighted by Crippen LogP contribution is -2.89. The lowest BCUT2D eigenvalue weighted by Gasteiger charge is -2.67. The maximum Gasteiger partial charge on any atom is 0.340 e. The second-order valence-corrected chi connectivity index (χ2v) is 16.1. The summed E-state index contributed by atoms with van der Waals surface area (Å²) in [5, 5.41) is 36.4. The Morgan fingerprint density at radius 2 is 1.45 bits per heavy atom. The number of fused-ring (bicyclic) bond motifs is 4. The van der Waals surface area contributed by atoms with Gasteiger partial charge in [0, 0.05) is 33.9 Å². The number of esters is 7. The maximum absolute atomic E-state index is 14.5. The first-order chi connectivity index (χ1) is 28.1. The van der Waals surface area contributed by atoms with Gasteiger partial charge in [-0.3, -0.25) is 24.2 Å². The minimum atomic E-state index is -2.85. The fraction of sp³-hybridized carbons (Fsp3) is 0.561. The zero-order valence-electron chi connectivity index (χ0n) is 33.9. The van der Waals surface area contributed by atoms with Gasteiger partial charge in [-0.05, 0) is 57.9 Å². The van der Waals surface area contributed by atoms with Gasteiger partial charge in [0.2, 0.25) is 0 Å². The van der Waals surface area contributed by atoms with Crippen LogP contribution >= 0.6 is 0 Å². The highest BCUT2D eigenvalue weighted by Gasteiger charge is 2.92. The van der Waals surface area contributed by atoms with Crippen molar-refractivity contribution in [3.63, 3.8) is 0 Å². The first-order valence-electron chi connectivity index (χ1n) is 19.1. The number of carbonyl (C=O) groups excluding carboxylic acids is 7. The molecule has 3 bridgehead atoms. The van der Waals surface area contributed by atoms with E-state index in [2.05, 4.69) is 4.98 Å². The molecule has 1 aromatic heterocycles. The highest BCUT2D eigenvalue weighted by Crippen LogP contribution is 2.70. The molecule has 2 aliphatic carbocycles. The molecule has 2 saturated carbocycles. The van der Waals surface area contributed by atoms with Crippen molar-refractivity contribution in [2.24, 2.45) is 11.3 Å². The van der Waals surface area contributed by atoms with E-state index in [1.165, 1.54) is 49.5 Å². The lowest BCUT2D eigenvalue weighted by molar-refractivity contribution is -0.387. The number of aliphatic hydroxyl groups excluding tert-OH is 2. The number of rotatable bonds is 7. The van der Waals surface area contributed by atoms with Crippen LogP contribution in [0.2, 0.25) is 0 Å². The first-order valence-corrected chi connectivity index (χ1v) is 19.1. The van der Waals surface area contributed by atoms with Crippen LogP contribution in [0.5, 0.6) is 0 Å². The molecule has 3 heterocycles. The number of carbonyl (C=O) groups is 7. The molecule has 1 saturated heterocycles. The van der Waals surface area contributed by atoms with Gasteiger partial charge in [-0.1, -0.05) is 18.2 Å². The number of cyclic esters (lactones) is 1. The Bertz CT molecular complexity index is 2070. The normalized spacial score (nSPS) is 37.1. The third-order valence-electron chi connectivity index (χ3n) is 12.0. The van der Waals surface area contributed by atoms with E-state index in [0.717, 1.165) is 41.5 Å². The van der Waals surface area contributed by atoms with Crippen molar-refractivity contribution in [2.75, 3.05) is 13.2 Å². The minimum Gasteiger partial charge on any atom is -0.465 e. The average Bonchev–Trinajstić information content (AvgIpc) is 3.40. The van der Waals surface area contributed by atoms with E-state index in [-0.39, 0.29) is 23.2 Å². The Hall–Kier alpha value is -5.50. The van der Waals surface area contributed by atoms with Gasteiger partial charge >= 0.3 is 41.8 Å². The summed E-state index contributed by atoms with van der Waals surface area (Å²) in [4.78, 5) is 99.6. The van der Waals surface area contributed by atoms with E-state index in [1.54, 1.807) is 6.07 Å². The van der Waals surface area contributed by atoms with Crippen LogP contribution in [0.15, 0.2) is 48.7 Å². The molecule has 19 nitrogen and oxygen atoms in total. The third kappa shape index (κ3) is 7.05. The van der Waals surface area contributed by atoms with Crippen molar-refractivity contribution in [1.82, 2.24) is 4.98 Å². The highest BCUT2D eigenvalue weighted by atomic mass is 16.7. The zero-order valence-corrected chi connectivity index (χ0v) is 33.9. The van der Waals surface area contributed by atoms with Gasteiger partial charge in [0.15, 0.2) is 22.9 Å². The van der Waals surface area contributed by atoms with E-state index in [1.807, 2.05) is 0 Å². The van der Waals surface area contributed by atoms with Gasteiger partial charge in [0.25, 0.3) is 0 Å². The predicted octanol–water partition coefficient (Wildman–Crippen LogP) is 0.701. The third-order valence-corrected chi connectivity index (χ3v) is 12.0. The Morgan fingerprint density at radius 1 is 0.817 bits per heavy atom. The van der Waals surface area contributed by atoms with Gasteiger partial charge < -0.3 is 53.2 Å². The maximum atomic E-state index is 14.5. The summed E-state index contributed by atoms with van der Waals surface area (Å²) in [6.45, 7) is 5.48. The number of ether oxygens (including phenoxy) is 8. The Labute approximate surface area is 343 Å². The van der Waals surface area contributed by atoms with Crippen LogP contribution < -0.4 is 0 Å². The molecule has 324 valence electrons. The molecule has 12 atom stereocenters. The molecule has 3 fully saturated rings. The van der Waals surface area contributed by atoms with Crippen molar-refractivity contribution in [2.45, 2.75) is 120 Å². The smallest absolute Gasteiger partial charge is 0.340 e. The van der Waals surface area contributed by atoms with Crippen LogP contribution in [-0.2, 0) is 68.3 Å². The van der Waals surface area contributed by atoms with Crippen LogP contribution in [0.4, 0.5) is 0 Å². The summed E-state index contributed by atoms with van der Waals surface area (Å²) >= 11 is 0. The Balaban J connectivity index is 1.79. The number of aryl methyl sites for hydroxylation is 1. The summed E-state index contributed by atoms with van der Waals surface area (Å²) in [6, 6.07) is 10.3. The average molecular weight is 842 g/mol. The molecule has 1 aromatic carbocycles. The van der Waals surface area contributed by atoms with E-state index in [4.69, 9.17) is 37.9 Å². The number of nitrogens with zero attached hydrogens (tertiary/aromatic N) is 1. The molecule has 4 aliphatic rings. The van der Waals surface area contributed by atoms with Crippen molar-refractivity contribution in [3.05, 3.63) is 65.5 Å². The van der Waals surface area contributed by atoms with Crippen molar-refractivity contribution < 1.29 is 86.8 Å². The van der Waals surface area contributed by atoms with Crippen molar-refractivity contribution in [3.8, 4) is 0 Å². The van der Waals surface area contributed by atoms with Gasteiger partial charge in [-0.2, -0.15) is 0 Å². The molecule has 2 aliphatic heterocycles. The fourth-order valence-corrected chi connectivity index (χ4v) is 9.45. The van der Waals surface area contributed by atoms with Crippen LogP contribution in [0, 0.1) is 11.3 Å². The number of pyridine rings is 1. The largest absolute Gasteiger partial charge is 0.465 e. The molecular weight excluding hydrogens is 794 g/mol. The quantitative estimate of drug-likeness (QED) is 0.256. The van der Waals surface area contributed by atoms with E-state index in [9.17, 15) is 48.9 Å². The van der Waals surface area contributed by atoms with Crippen LogP contribution in [0.25, 0.3) is 0 Å². The van der Waals surface area contributed by atoms with Gasteiger partial charge in [0.1, 0.15) is 54.7 Å². The molecule has 0 amide bonds. The van der Waals surface area contributed by atoms with E-state index < -0.39 is 132 Å². The monoisotopic (exact) mass is 841 g/mol. The van der Waals surface area contributed by atoms with Crippen molar-refractivity contribution >= 4 is 41.8 Å². The number of hydrogen-bond donors (Lipinski definition) is 3. The van der Waals surface area contributed by atoms with Gasteiger partial charge in [-0.15, -0.1) is 0 Å². The molecule has 60 heavy (non-hydrogen) atoms. The van der Waals surface area contributed by atoms with Crippen LogP contribution in [0.1, 0.15) is 81.3 Å². The van der Waals surface area contributed by atoms with Gasteiger partial charge in [-0.25, -0.2) is 14.4 Å². The van der Waals surface area contributed by atoms with Crippen LogP contribution in [-0.4, -0.2) is 134 Å². The molecule has 19 heteroatoms. The molecule has 0 radical (unpaired) electrons. The second-order valence-electron chi connectivity index (χ2n) is 16.1. The molecule has 6 rings (SSSR count). The second kappa shape index (κ2) is 15.8. The SMILES string of the molecule is CC(=O)OCC12C(OC(C)=O)C(O)C(O)C3(C)OC(=O)C(C)(O)CCc4ncccc4C(=O)OCC4(C)OC31C(OC(=O)c1ccccc1)C4C(OC(C)=O)C2OC(C)=O. The number of hydrogen-bond acceptors (Lipinski definition) is 19. The number of aliphatic hydroxyl groups is 3. The summed E-state index contributed by atoms with van der Waals surface area (Å²) in [7, 11) is 0. The van der Waals surface area contributed by atoms with Crippen LogP contribution in [0.3, 0.4) is 0 Å². The standard InChI is InChI=1S/C41H47NO18/c1-20(43)53-19-40-32(56-22(3)45)28(47)30(48)39(7)41(40)31(58-34(49)24-12-9-8-10-13-24)27(29(55-21(2)44)33(40)57-23(4)46)38(6,60-41)18-54-35(50)25-14-11-17-42-26(25)15-16-37(5,52)36(51)59-39/h8-14,17,27-33,47-48,52H,15-16,18-19H2,1-7H3. The van der Waals surface area contributed by atoms with E-state index in [0.29, 0.717) is 0 Å². The lowest BCUT2D eigenvalue weighted by atomic mass is 9.45. The predicted molar refractivity (Wildman–Crippen MR) is 197 cm³/mol. The van der Waals surface area contributed by atoms with Gasteiger partial charge in [0.05, 0.1) is 22.7 Å². The summed E-state index contributed by atoms with van der Waals surface area (Å²) < 4.78 is 49.0. The summed E-state index contributed by atoms with van der Waals surface area (Å²) in [6.07, 6.45) is -12.2.